The molecule has 1 atom stereocenters. The fourth-order valence-corrected chi connectivity index (χ4v) is 3.49. The Morgan fingerprint density at radius 3 is 2.48 bits per heavy atom. The summed E-state index contributed by atoms with van der Waals surface area (Å²) < 4.78 is 10.7. The van der Waals surface area contributed by atoms with Gasteiger partial charge in [-0.2, -0.15) is 0 Å². The topological polar surface area (TPSA) is 67.9 Å². The summed E-state index contributed by atoms with van der Waals surface area (Å²) >= 11 is 5.97. The highest BCUT2D eigenvalue weighted by Crippen LogP contribution is 2.32. The lowest BCUT2D eigenvalue weighted by molar-refractivity contribution is -0.141. The molecule has 0 aromatic heterocycles. The Balaban J connectivity index is 1.73. The molecule has 0 aliphatic carbocycles. The van der Waals surface area contributed by atoms with Crippen molar-refractivity contribution in [2.45, 2.75) is 38.8 Å². The molecule has 2 aromatic carbocycles. The lowest BCUT2D eigenvalue weighted by Gasteiger charge is -2.30. The van der Waals surface area contributed by atoms with Crippen LogP contribution in [0.1, 0.15) is 30.9 Å². The summed E-state index contributed by atoms with van der Waals surface area (Å²) in [6, 6.07) is 12.5. The number of fused-ring (bicyclic) bond motifs is 1. The zero-order valence-electron chi connectivity index (χ0n) is 16.6. The van der Waals surface area contributed by atoms with E-state index in [1.807, 2.05) is 37.3 Å². The van der Waals surface area contributed by atoms with Crippen LogP contribution in [-0.4, -0.2) is 36.6 Å². The van der Waals surface area contributed by atoms with Gasteiger partial charge in [-0.3, -0.25) is 9.59 Å². The molecule has 1 aliphatic rings. The summed E-state index contributed by atoms with van der Waals surface area (Å²) in [5.41, 5.74) is 1.91. The third kappa shape index (κ3) is 5.21. The number of ether oxygens (including phenoxy) is 2. The van der Waals surface area contributed by atoms with E-state index >= 15 is 0 Å². The largest absolute Gasteiger partial charge is 0.454 e. The van der Waals surface area contributed by atoms with Gasteiger partial charge in [0.25, 0.3) is 0 Å². The van der Waals surface area contributed by atoms with Gasteiger partial charge in [-0.25, -0.2) is 0 Å². The highest BCUT2D eigenvalue weighted by atomic mass is 35.5. The molecule has 29 heavy (non-hydrogen) atoms. The van der Waals surface area contributed by atoms with Crippen molar-refractivity contribution in [3.8, 4) is 11.5 Å². The van der Waals surface area contributed by atoms with Crippen LogP contribution < -0.4 is 14.8 Å². The van der Waals surface area contributed by atoms with Crippen molar-refractivity contribution in [2.75, 3.05) is 13.8 Å². The summed E-state index contributed by atoms with van der Waals surface area (Å²) in [5, 5.41) is 3.30. The molecule has 0 saturated heterocycles. The van der Waals surface area contributed by atoms with Crippen LogP contribution >= 0.6 is 11.6 Å². The van der Waals surface area contributed by atoms with E-state index in [1.165, 1.54) is 0 Å². The molecule has 1 N–H and O–H groups in total. The summed E-state index contributed by atoms with van der Waals surface area (Å²) in [6.07, 6.45) is 1.38. The molecule has 7 heteroatoms. The van der Waals surface area contributed by atoms with Gasteiger partial charge in [0.2, 0.25) is 18.6 Å². The number of aryl methyl sites for hydroxylation is 1. The molecule has 1 unspecified atom stereocenters. The van der Waals surface area contributed by atoms with Crippen molar-refractivity contribution in [3.05, 3.63) is 58.6 Å². The highest BCUT2D eigenvalue weighted by Gasteiger charge is 2.27. The van der Waals surface area contributed by atoms with Crippen molar-refractivity contribution in [1.29, 1.82) is 0 Å². The normalized spacial score (nSPS) is 13.1. The number of hydrogen-bond donors (Lipinski definition) is 1. The molecule has 1 aliphatic heterocycles. The Morgan fingerprint density at radius 1 is 1.10 bits per heavy atom. The minimum atomic E-state index is -0.528. The number of amides is 2. The summed E-state index contributed by atoms with van der Waals surface area (Å²) in [7, 11) is 1.59. The van der Waals surface area contributed by atoms with Crippen molar-refractivity contribution >= 4 is 23.4 Å². The number of hydrogen-bond acceptors (Lipinski definition) is 4. The maximum Gasteiger partial charge on any atom is 0.242 e. The average Bonchev–Trinajstić information content (AvgIpc) is 3.21. The first-order valence-corrected chi connectivity index (χ1v) is 10.0. The number of halogens is 1. The van der Waals surface area contributed by atoms with E-state index < -0.39 is 6.04 Å². The van der Waals surface area contributed by atoms with Crippen LogP contribution in [0, 0.1) is 0 Å². The van der Waals surface area contributed by atoms with Gasteiger partial charge in [-0.1, -0.05) is 36.7 Å². The Labute approximate surface area is 175 Å². The van der Waals surface area contributed by atoms with Gasteiger partial charge in [-0.15, -0.1) is 0 Å². The SMILES string of the molecule is CCC(C(=O)NC)N(Cc1ccc(Cl)cc1)C(=O)CCc1ccc2c(c1)OCO2. The van der Waals surface area contributed by atoms with Crippen LogP contribution in [-0.2, 0) is 22.6 Å². The molecule has 0 radical (unpaired) electrons. The lowest BCUT2D eigenvalue weighted by atomic mass is 10.1. The number of carbonyl (C=O) groups excluding carboxylic acids is 2. The van der Waals surface area contributed by atoms with E-state index in [1.54, 1.807) is 24.1 Å². The molecular weight excluding hydrogens is 392 g/mol. The Bertz CT molecular complexity index is 870. The monoisotopic (exact) mass is 416 g/mol. The van der Waals surface area contributed by atoms with Crippen molar-refractivity contribution in [1.82, 2.24) is 10.2 Å². The fraction of sp³-hybridized carbons (Fsp3) is 0.364. The minimum Gasteiger partial charge on any atom is -0.454 e. The third-order valence-electron chi connectivity index (χ3n) is 4.96. The predicted molar refractivity (Wildman–Crippen MR) is 111 cm³/mol. The zero-order chi connectivity index (χ0) is 20.8. The van der Waals surface area contributed by atoms with Crippen LogP contribution in [0.4, 0.5) is 0 Å². The number of likely N-dealkylation sites (N-methyl/N-ethyl adjacent to an activating group) is 1. The first-order valence-electron chi connectivity index (χ1n) is 9.65. The fourth-order valence-electron chi connectivity index (χ4n) is 3.36. The van der Waals surface area contributed by atoms with E-state index in [4.69, 9.17) is 21.1 Å². The third-order valence-corrected chi connectivity index (χ3v) is 5.21. The van der Waals surface area contributed by atoms with Crippen LogP contribution in [0.3, 0.4) is 0 Å². The number of rotatable bonds is 8. The second-order valence-corrected chi connectivity index (χ2v) is 7.31. The molecule has 0 bridgehead atoms. The summed E-state index contributed by atoms with van der Waals surface area (Å²) in [5.74, 6) is 1.17. The molecular formula is C22H25ClN2O4. The highest BCUT2D eigenvalue weighted by molar-refractivity contribution is 6.30. The van der Waals surface area contributed by atoms with Crippen LogP contribution in [0.15, 0.2) is 42.5 Å². The van der Waals surface area contributed by atoms with Crippen LogP contribution in [0.25, 0.3) is 0 Å². The maximum atomic E-state index is 13.1. The second-order valence-electron chi connectivity index (χ2n) is 6.87. The van der Waals surface area contributed by atoms with Gasteiger partial charge in [0.05, 0.1) is 0 Å². The van der Waals surface area contributed by atoms with Crippen molar-refractivity contribution in [3.63, 3.8) is 0 Å². The van der Waals surface area contributed by atoms with Crippen LogP contribution in [0.2, 0.25) is 5.02 Å². The van der Waals surface area contributed by atoms with Crippen LogP contribution in [0.5, 0.6) is 11.5 Å². The van der Waals surface area contributed by atoms with Crippen molar-refractivity contribution < 1.29 is 19.1 Å². The second kappa shape index (κ2) is 9.65. The molecule has 1 heterocycles. The zero-order valence-corrected chi connectivity index (χ0v) is 17.4. The first kappa shape index (κ1) is 21.0. The minimum absolute atomic E-state index is 0.0759. The molecule has 6 nitrogen and oxygen atoms in total. The molecule has 2 aromatic rings. The molecule has 154 valence electrons. The molecule has 2 amide bonds. The smallest absolute Gasteiger partial charge is 0.242 e. The van der Waals surface area contributed by atoms with Gasteiger partial charge in [0.1, 0.15) is 6.04 Å². The molecule has 0 spiro atoms. The predicted octanol–water partition coefficient (Wildman–Crippen LogP) is 3.55. The van der Waals surface area contributed by atoms with E-state index in [0.29, 0.717) is 36.6 Å². The summed E-state index contributed by atoms with van der Waals surface area (Å²) in [4.78, 5) is 27.1. The Kier molecular flexibility index (Phi) is 6.99. The molecule has 0 fully saturated rings. The van der Waals surface area contributed by atoms with E-state index in [2.05, 4.69) is 5.32 Å². The van der Waals surface area contributed by atoms with Gasteiger partial charge in [0.15, 0.2) is 11.5 Å². The quantitative estimate of drug-likeness (QED) is 0.714. The number of carbonyl (C=O) groups is 2. The Hall–Kier alpha value is -2.73. The molecule has 0 saturated carbocycles. The number of nitrogens with one attached hydrogen (secondary N) is 1. The van der Waals surface area contributed by atoms with Gasteiger partial charge in [-0.05, 0) is 48.2 Å². The first-order chi connectivity index (χ1) is 14.0. The lowest BCUT2D eigenvalue weighted by Crippen LogP contribution is -2.48. The van der Waals surface area contributed by atoms with Gasteiger partial charge in [0, 0.05) is 25.0 Å². The van der Waals surface area contributed by atoms with Crippen molar-refractivity contribution in [2.24, 2.45) is 0 Å². The van der Waals surface area contributed by atoms with Gasteiger partial charge >= 0.3 is 0 Å². The maximum absolute atomic E-state index is 13.1. The number of nitrogens with zero attached hydrogens (tertiary/aromatic N) is 1. The van der Waals surface area contributed by atoms with E-state index in [0.717, 1.165) is 16.9 Å². The number of benzene rings is 2. The Morgan fingerprint density at radius 2 is 1.79 bits per heavy atom. The average molecular weight is 417 g/mol. The van der Waals surface area contributed by atoms with Gasteiger partial charge < -0.3 is 19.7 Å². The van der Waals surface area contributed by atoms with E-state index in [9.17, 15) is 9.59 Å². The summed E-state index contributed by atoms with van der Waals surface area (Å²) in [6.45, 7) is 2.47. The molecule has 3 rings (SSSR count). The van der Waals surface area contributed by atoms with E-state index in [-0.39, 0.29) is 18.6 Å². The standard InChI is InChI=1S/C22H25ClN2O4/c1-3-18(22(27)24-2)25(13-16-4-8-17(23)9-5-16)21(26)11-7-15-6-10-19-20(12-15)29-14-28-19/h4-6,8-10,12,18H,3,7,11,13-14H2,1-2H3,(H,24,27).